The molecule has 0 amide bonds. The van der Waals surface area contributed by atoms with Gasteiger partial charge in [-0.15, -0.1) is 0 Å². The van der Waals surface area contributed by atoms with Crippen LogP contribution in [0.5, 0.6) is 0 Å². The molecule has 1 unspecified atom stereocenters. The fraction of sp³-hybridized carbons (Fsp3) is 0. The van der Waals surface area contributed by atoms with E-state index in [9.17, 15) is 4.20 Å². The molecule has 0 saturated heterocycles. The SMILES string of the molecule is [3H][B]P(O)F. The van der Waals surface area contributed by atoms with Crippen molar-refractivity contribution in [3.63, 3.8) is 0 Å². The van der Waals surface area contributed by atoms with Crippen LogP contribution in [0.15, 0.2) is 0 Å². The predicted molar refractivity (Wildman–Crippen MR) is 17.4 cm³/mol. The van der Waals surface area contributed by atoms with Gasteiger partial charge < -0.3 is 4.89 Å². The van der Waals surface area contributed by atoms with Crippen LogP contribution in [0.1, 0.15) is 0 Å². The van der Waals surface area contributed by atoms with Crippen LogP contribution in [0.4, 0.5) is 4.20 Å². The fourth-order valence-electron chi connectivity index (χ4n) is 0. The Morgan fingerprint density at radius 2 is 2.75 bits per heavy atom. The quantitative estimate of drug-likeness (QED) is 0.350. The number of rotatable bonds is 1. The van der Waals surface area contributed by atoms with E-state index in [2.05, 4.69) is 0 Å². The molecule has 0 aliphatic heterocycles. The van der Waals surface area contributed by atoms with Crippen LogP contribution >= 0.6 is 8.34 Å². The van der Waals surface area contributed by atoms with E-state index >= 15 is 0 Å². The number of halogens is 1. The second-order valence-corrected chi connectivity index (χ2v) is 0.866. The van der Waals surface area contributed by atoms with Gasteiger partial charge >= 0.3 is 0 Å². The summed E-state index contributed by atoms with van der Waals surface area (Å²) < 4.78 is 16.7. The minimum atomic E-state index is -2.56. The lowest BCUT2D eigenvalue weighted by Crippen LogP contribution is -1.46. The van der Waals surface area contributed by atoms with Crippen molar-refractivity contribution in [2.45, 2.75) is 0 Å². The Hall–Kier alpha value is 0.385. The molecule has 1 nitrogen and oxygen atoms in total. The van der Waals surface area contributed by atoms with Gasteiger partial charge in [-0.2, -0.15) is 0 Å². The third-order valence-corrected chi connectivity index (χ3v) is 0. The highest BCUT2D eigenvalue weighted by Crippen LogP contribution is 2.21. The van der Waals surface area contributed by atoms with Crippen molar-refractivity contribution in [1.82, 2.24) is 0 Å². The molecule has 0 aliphatic rings. The van der Waals surface area contributed by atoms with Gasteiger partial charge in [0.15, 0.2) is 8.34 Å². The van der Waals surface area contributed by atoms with Gasteiger partial charge in [0.1, 0.15) is 0 Å². The third kappa shape index (κ3) is 30.9. The molecule has 0 saturated carbocycles. The molecule has 0 rings (SSSR count). The van der Waals surface area contributed by atoms with Crippen LogP contribution in [0.25, 0.3) is 0 Å². The largest absolute Gasteiger partial charge is 0.354 e. The average Bonchev–Trinajstić information content (AvgIpc) is 1.38. The lowest BCUT2D eigenvalue weighted by atomic mass is 10.8. The highest BCUT2D eigenvalue weighted by molar-refractivity contribution is 7.72. The van der Waals surface area contributed by atoms with Crippen LogP contribution < -0.4 is 0 Å². The van der Waals surface area contributed by atoms with E-state index in [1.54, 1.807) is 0 Å². The molecule has 0 aromatic heterocycles. The lowest BCUT2D eigenvalue weighted by Gasteiger charge is -1.74. The van der Waals surface area contributed by atoms with E-state index in [4.69, 9.17) is 6.23 Å². The minimum absolute atomic E-state index is 0.370. The van der Waals surface area contributed by atoms with Gasteiger partial charge in [0.25, 0.3) is 0 Å². The zero-order chi connectivity index (χ0) is 4.28. The molecule has 1 N–H and O–H groups in total. The summed E-state index contributed by atoms with van der Waals surface area (Å²) in [5, 5.41) is 0. The summed E-state index contributed by atoms with van der Waals surface area (Å²) in [4.78, 5) is 7.52. The van der Waals surface area contributed by atoms with Gasteiger partial charge in [0.2, 0.25) is 7.53 Å². The number of hydrogen-bond acceptors (Lipinski definition) is 1. The highest BCUT2D eigenvalue weighted by atomic mass is 31.2. The molecule has 0 bridgehead atoms. The maximum Gasteiger partial charge on any atom is 0.206 e. The minimum Gasteiger partial charge on any atom is -0.354 e. The maximum absolute atomic E-state index is 10.8. The molecule has 0 spiro atoms. The molecular formula is H2BFOP. The van der Waals surface area contributed by atoms with E-state index in [1.165, 1.54) is 0 Å². The molecule has 23 valence electrons. The molecule has 4 heavy (non-hydrogen) atoms. The van der Waals surface area contributed by atoms with E-state index in [1.807, 2.05) is 0 Å². The van der Waals surface area contributed by atoms with Crippen LogP contribution in [-0.4, -0.2) is 13.8 Å². The number of hydrogen-bond donors (Lipinski definition) is 1. The van der Waals surface area contributed by atoms with Crippen LogP contribution in [0.3, 0.4) is 0 Å². The van der Waals surface area contributed by atoms with Crippen LogP contribution in [0, 0.1) is 0 Å². The smallest absolute Gasteiger partial charge is 0.206 e. The summed E-state index contributed by atoms with van der Waals surface area (Å²) in [7, 11) is -2.19. The summed E-state index contributed by atoms with van der Waals surface area (Å²) >= 11 is 0. The van der Waals surface area contributed by atoms with Crippen molar-refractivity contribution in [2.24, 2.45) is 0 Å². The normalized spacial score (nSPS) is 18.0. The monoisotopic (exact) mass is 81.0 g/mol. The third-order valence-electron chi connectivity index (χ3n) is 0. The van der Waals surface area contributed by atoms with Gasteiger partial charge in [0.05, 0.1) is 0 Å². The van der Waals surface area contributed by atoms with Gasteiger partial charge in [0, 0.05) is 0 Å². The Bertz CT molecular complexity index is 25.6. The predicted octanol–water partition coefficient (Wildman–Crippen LogP) is 0.0759. The standard InChI is InChI=1S/BFH2OP/c1-4(2)3/h1,3H/i1T. The van der Waals surface area contributed by atoms with Crippen molar-refractivity contribution in [3.05, 3.63) is 0 Å². The van der Waals surface area contributed by atoms with Gasteiger partial charge in [-0.1, -0.05) is 0 Å². The van der Waals surface area contributed by atoms with Crippen LogP contribution in [0.2, 0.25) is 0 Å². The van der Waals surface area contributed by atoms with Crippen molar-refractivity contribution in [1.29, 1.82) is 1.34 Å². The van der Waals surface area contributed by atoms with Crippen molar-refractivity contribution in [3.8, 4) is 0 Å². The summed E-state index contributed by atoms with van der Waals surface area (Å²) in [6, 6.07) is 0. The van der Waals surface area contributed by atoms with E-state index in [0.29, 0.717) is 7.53 Å². The zero-order valence-corrected chi connectivity index (χ0v) is 2.74. The Labute approximate surface area is 27.5 Å². The first-order valence-corrected chi connectivity index (χ1v) is 1.88. The first kappa shape index (κ1) is 2.61. The summed E-state index contributed by atoms with van der Waals surface area (Å²) in [6.45, 7) is 0. The van der Waals surface area contributed by atoms with Crippen molar-refractivity contribution < 1.29 is 9.09 Å². The van der Waals surface area contributed by atoms with E-state index < -0.39 is 8.34 Å². The topological polar surface area (TPSA) is 20.2 Å². The Kier molecular flexibility index (Phi) is 1.10. The fourth-order valence-corrected chi connectivity index (χ4v) is 0. The summed E-state index contributed by atoms with van der Waals surface area (Å²) in [5.74, 6) is 0. The second kappa shape index (κ2) is 1.68. The molecular weight excluding hydrogens is 76.8 g/mol. The first-order chi connectivity index (χ1) is 2.27. The molecule has 0 aromatic carbocycles. The molecule has 1 atom stereocenters. The molecule has 4 heteroatoms. The van der Waals surface area contributed by atoms with E-state index in [0.717, 1.165) is 0 Å². The molecule has 0 heterocycles. The molecule has 0 aromatic rings. The van der Waals surface area contributed by atoms with Gasteiger partial charge in [-0.25, -0.2) is 4.20 Å². The van der Waals surface area contributed by atoms with Crippen molar-refractivity contribution in [2.75, 3.05) is 0 Å². The van der Waals surface area contributed by atoms with Crippen molar-refractivity contribution >= 4 is 15.9 Å². The summed E-state index contributed by atoms with van der Waals surface area (Å²) in [5.41, 5.74) is 0. The maximum atomic E-state index is 10.8. The Balaban J connectivity index is 2.54. The molecule has 1 radical (unpaired) electrons. The van der Waals surface area contributed by atoms with E-state index in [-0.39, 0.29) is 0 Å². The Morgan fingerprint density at radius 3 is 2.75 bits per heavy atom. The zero-order valence-electron chi connectivity index (χ0n) is 2.85. The average molecular weight is 80.8 g/mol. The highest BCUT2D eigenvalue weighted by Gasteiger charge is 1.77. The van der Waals surface area contributed by atoms with Gasteiger partial charge in [-0.3, -0.25) is 0 Å². The second-order valence-electron chi connectivity index (χ2n) is 0.289. The van der Waals surface area contributed by atoms with Gasteiger partial charge in [-0.05, 0) is 1.34 Å². The molecule has 0 fully saturated rings. The summed E-state index contributed by atoms with van der Waals surface area (Å²) in [6.07, 6.45) is 0. The first-order valence-electron chi connectivity index (χ1n) is 1.20. The Morgan fingerprint density at radius 1 is 2.50 bits per heavy atom. The lowest BCUT2D eigenvalue weighted by molar-refractivity contribution is 0.588. The molecule has 0 aliphatic carbocycles. The van der Waals surface area contributed by atoms with Crippen LogP contribution in [-0.2, 0) is 0 Å².